The molecule has 0 radical (unpaired) electrons. The summed E-state index contributed by atoms with van der Waals surface area (Å²) in [6, 6.07) is 12.2. The van der Waals surface area contributed by atoms with E-state index in [-0.39, 0.29) is 6.54 Å². The lowest BCUT2D eigenvalue weighted by Crippen LogP contribution is -2.33. The molecule has 0 aliphatic rings. The Morgan fingerprint density at radius 1 is 1.14 bits per heavy atom. The monoisotopic (exact) mass is 302 g/mol. The molecule has 0 fully saturated rings. The van der Waals surface area contributed by atoms with E-state index in [4.69, 9.17) is 4.74 Å². The van der Waals surface area contributed by atoms with Gasteiger partial charge in [0.25, 0.3) is 5.91 Å². The van der Waals surface area contributed by atoms with Crippen LogP contribution in [0.4, 0.5) is 10.1 Å². The first kappa shape index (κ1) is 15.5. The summed E-state index contributed by atoms with van der Waals surface area (Å²) in [6.45, 7) is -0.229. The van der Waals surface area contributed by atoms with E-state index >= 15 is 0 Å². The summed E-state index contributed by atoms with van der Waals surface area (Å²) in [4.78, 5) is 23.7. The first-order valence-corrected chi connectivity index (χ1v) is 6.57. The molecule has 22 heavy (non-hydrogen) atoms. The standard InChI is InChI=1S/C16H15FN2O3/c1-22-14-8-3-2-7-13(14)16(21)18-10-15(20)19-12-6-4-5-11(17)9-12/h2-9H,10H2,1H3,(H,18,21)(H,19,20). The number of hydrogen-bond donors (Lipinski definition) is 2. The highest BCUT2D eigenvalue weighted by Crippen LogP contribution is 2.16. The van der Waals surface area contributed by atoms with Crippen LogP contribution >= 0.6 is 0 Å². The normalized spacial score (nSPS) is 9.91. The molecule has 0 atom stereocenters. The Hall–Kier alpha value is -2.89. The Labute approximate surface area is 127 Å². The maximum absolute atomic E-state index is 13.0. The van der Waals surface area contributed by atoms with Gasteiger partial charge in [-0.25, -0.2) is 4.39 Å². The summed E-state index contributed by atoms with van der Waals surface area (Å²) in [5.74, 6) is -0.901. The van der Waals surface area contributed by atoms with Crippen molar-refractivity contribution >= 4 is 17.5 Å². The van der Waals surface area contributed by atoms with Gasteiger partial charge in [-0.1, -0.05) is 18.2 Å². The molecule has 2 rings (SSSR count). The largest absolute Gasteiger partial charge is 0.496 e. The second kappa shape index (κ2) is 7.21. The number of anilines is 1. The van der Waals surface area contributed by atoms with E-state index in [1.54, 1.807) is 30.3 Å². The Bertz CT molecular complexity index is 689. The Balaban J connectivity index is 1.92. The molecule has 0 unspecified atom stereocenters. The highest BCUT2D eigenvalue weighted by atomic mass is 19.1. The zero-order chi connectivity index (χ0) is 15.9. The van der Waals surface area contributed by atoms with Crippen LogP contribution in [0.5, 0.6) is 5.75 Å². The maximum Gasteiger partial charge on any atom is 0.255 e. The van der Waals surface area contributed by atoms with Crippen molar-refractivity contribution in [3.05, 3.63) is 59.9 Å². The number of methoxy groups -OCH3 is 1. The Morgan fingerprint density at radius 2 is 1.91 bits per heavy atom. The molecule has 0 heterocycles. The van der Waals surface area contributed by atoms with Crippen LogP contribution in [0.3, 0.4) is 0 Å². The first-order chi connectivity index (χ1) is 10.6. The summed E-state index contributed by atoms with van der Waals surface area (Å²) in [5, 5.41) is 4.98. The fourth-order valence-electron chi connectivity index (χ4n) is 1.86. The van der Waals surface area contributed by atoms with Crippen LogP contribution in [0.2, 0.25) is 0 Å². The highest BCUT2D eigenvalue weighted by molar-refractivity contribution is 6.00. The van der Waals surface area contributed by atoms with Gasteiger partial charge in [-0.15, -0.1) is 0 Å². The van der Waals surface area contributed by atoms with Crippen LogP contribution in [0.25, 0.3) is 0 Å². The summed E-state index contributed by atoms with van der Waals surface area (Å²) in [5.41, 5.74) is 0.667. The number of benzene rings is 2. The number of rotatable bonds is 5. The van der Waals surface area contributed by atoms with Crippen molar-refractivity contribution in [2.45, 2.75) is 0 Å². The third-order valence-corrected chi connectivity index (χ3v) is 2.87. The second-order valence-corrected chi connectivity index (χ2v) is 4.44. The summed E-state index contributed by atoms with van der Waals surface area (Å²) in [6.07, 6.45) is 0. The fourth-order valence-corrected chi connectivity index (χ4v) is 1.86. The van der Waals surface area contributed by atoms with Gasteiger partial charge in [0, 0.05) is 5.69 Å². The van der Waals surface area contributed by atoms with Crippen molar-refractivity contribution in [1.29, 1.82) is 0 Å². The molecule has 6 heteroatoms. The number of hydrogen-bond acceptors (Lipinski definition) is 3. The quantitative estimate of drug-likeness (QED) is 0.890. The van der Waals surface area contributed by atoms with E-state index in [2.05, 4.69) is 10.6 Å². The van der Waals surface area contributed by atoms with Crippen LogP contribution in [0, 0.1) is 5.82 Å². The van der Waals surface area contributed by atoms with Crippen LogP contribution in [-0.2, 0) is 4.79 Å². The van der Waals surface area contributed by atoms with E-state index in [1.165, 1.54) is 25.3 Å². The lowest BCUT2D eigenvalue weighted by Gasteiger charge is -2.09. The molecule has 2 aromatic rings. The van der Waals surface area contributed by atoms with Gasteiger partial charge >= 0.3 is 0 Å². The van der Waals surface area contributed by atoms with Crippen molar-refractivity contribution in [3.8, 4) is 5.75 Å². The molecule has 0 saturated heterocycles. The molecule has 2 aromatic carbocycles. The summed E-state index contributed by atoms with van der Waals surface area (Å²) >= 11 is 0. The van der Waals surface area contributed by atoms with Gasteiger partial charge < -0.3 is 15.4 Å². The predicted molar refractivity (Wildman–Crippen MR) is 80.4 cm³/mol. The van der Waals surface area contributed by atoms with E-state index in [9.17, 15) is 14.0 Å². The molecule has 0 aliphatic carbocycles. The van der Waals surface area contributed by atoms with Crippen LogP contribution < -0.4 is 15.4 Å². The Kier molecular flexibility index (Phi) is 5.08. The van der Waals surface area contributed by atoms with Gasteiger partial charge in [0.2, 0.25) is 5.91 Å². The van der Waals surface area contributed by atoms with E-state index < -0.39 is 17.6 Å². The number of ether oxygens (including phenoxy) is 1. The number of carbonyl (C=O) groups excluding carboxylic acids is 2. The lowest BCUT2D eigenvalue weighted by atomic mass is 10.2. The molecular weight excluding hydrogens is 287 g/mol. The molecule has 0 spiro atoms. The van der Waals surface area contributed by atoms with E-state index in [0.29, 0.717) is 17.0 Å². The average Bonchev–Trinajstić information content (AvgIpc) is 2.52. The van der Waals surface area contributed by atoms with Gasteiger partial charge in [0.1, 0.15) is 11.6 Å². The topological polar surface area (TPSA) is 67.4 Å². The minimum atomic E-state index is -0.450. The van der Waals surface area contributed by atoms with Crippen LogP contribution in [-0.4, -0.2) is 25.5 Å². The summed E-state index contributed by atoms with van der Waals surface area (Å²) in [7, 11) is 1.46. The number of amides is 2. The minimum Gasteiger partial charge on any atom is -0.496 e. The molecule has 5 nitrogen and oxygen atoms in total. The van der Waals surface area contributed by atoms with Crippen molar-refractivity contribution < 1.29 is 18.7 Å². The van der Waals surface area contributed by atoms with Gasteiger partial charge in [-0.05, 0) is 30.3 Å². The van der Waals surface area contributed by atoms with Gasteiger partial charge in [-0.2, -0.15) is 0 Å². The number of halogens is 1. The van der Waals surface area contributed by atoms with Crippen molar-refractivity contribution in [2.24, 2.45) is 0 Å². The van der Waals surface area contributed by atoms with E-state index in [0.717, 1.165) is 0 Å². The molecule has 0 saturated carbocycles. The van der Waals surface area contributed by atoms with Crippen LogP contribution in [0.1, 0.15) is 10.4 Å². The molecule has 2 amide bonds. The molecule has 0 aliphatic heterocycles. The van der Waals surface area contributed by atoms with Crippen LogP contribution in [0.15, 0.2) is 48.5 Å². The fraction of sp³-hybridized carbons (Fsp3) is 0.125. The third kappa shape index (κ3) is 4.05. The van der Waals surface area contributed by atoms with Crippen molar-refractivity contribution in [3.63, 3.8) is 0 Å². The summed E-state index contributed by atoms with van der Waals surface area (Å²) < 4.78 is 18.1. The number of para-hydroxylation sites is 1. The minimum absolute atomic E-state index is 0.229. The highest BCUT2D eigenvalue weighted by Gasteiger charge is 2.12. The van der Waals surface area contributed by atoms with Crippen molar-refractivity contribution in [1.82, 2.24) is 5.32 Å². The first-order valence-electron chi connectivity index (χ1n) is 6.57. The molecule has 114 valence electrons. The van der Waals surface area contributed by atoms with Gasteiger partial charge in [-0.3, -0.25) is 9.59 Å². The molecule has 2 N–H and O–H groups in total. The smallest absolute Gasteiger partial charge is 0.255 e. The van der Waals surface area contributed by atoms with Gasteiger partial charge in [0.15, 0.2) is 0 Å². The van der Waals surface area contributed by atoms with Crippen molar-refractivity contribution in [2.75, 3.05) is 19.0 Å². The molecule has 0 bridgehead atoms. The SMILES string of the molecule is COc1ccccc1C(=O)NCC(=O)Nc1cccc(F)c1. The second-order valence-electron chi connectivity index (χ2n) is 4.44. The predicted octanol–water partition coefficient (Wildman–Crippen LogP) is 2.20. The lowest BCUT2D eigenvalue weighted by molar-refractivity contribution is -0.115. The Morgan fingerprint density at radius 3 is 2.64 bits per heavy atom. The average molecular weight is 302 g/mol. The number of carbonyl (C=O) groups is 2. The molecular formula is C16H15FN2O3. The van der Waals surface area contributed by atoms with E-state index in [1.807, 2.05) is 0 Å². The zero-order valence-electron chi connectivity index (χ0n) is 11.9. The maximum atomic E-state index is 13.0. The van der Waals surface area contributed by atoms with Gasteiger partial charge in [0.05, 0.1) is 19.2 Å². The number of nitrogens with one attached hydrogen (secondary N) is 2. The third-order valence-electron chi connectivity index (χ3n) is 2.87. The molecule has 0 aromatic heterocycles. The zero-order valence-corrected chi connectivity index (χ0v) is 11.9.